The Hall–Kier alpha value is -4.26. The molecule has 0 aliphatic carbocycles. The first-order valence-electron chi connectivity index (χ1n) is 10.5. The molecule has 0 saturated heterocycles. The average Bonchev–Trinajstić information content (AvgIpc) is 3.17. The predicted molar refractivity (Wildman–Crippen MR) is 127 cm³/mol. The molecule has 0 saturated carbocycles. The molecule has 0 unspecified atom stereocenters. The second-order valence-corrected chi connectivity index (χ2v) is 7.83. The maximum absolute atomic E-state index is 13.5. The number of ether oxygens (including phenoxy) is 1. The Bertz CT molecular complexity index is 1490. The molecule has 0 spiro atoms. The van der Waals surface area contributed by atoms with E-state index in [9.17, 15) is 9.18 Å². The summed E-state index contributed by atoms with van der Waals surface area (Å²) in [5.41, 5.74) is 4.67. The van der Waals surface area contributed by atoms with Crippen molar-refractivity contribution in [3.05, 3.63) is 84.3 Å². The maximum atomic E-state index is 13.5. The fourth-order valence-corrected chi connectivity index (χ4v) is 3.96. The van der Waals surface area contributed by atoms with Crippen molar-refractivity contribution in [2.24, 2.45) is 0 Å². The third-order valence-corrected chi connectivity index (χ3v) is 5.49. The number of hydrogen-bond donors (Lipinski definition) is 1. The molecule has 2 heterocycles. The Kier molecular flexibility index (Phi) is 5.22. The Morgan fingerprint density at radius 2 is 1.88 bits per heavy atom. The molecule has 3 aromatic carbocycles. The fourth-order valence-electron chi connectivity index (χ4n) is 3.96. The number of aryl methyl sites for hydroxylation is 1. The van der Waals surface area contributed by atoms with Crippen LogP contribution >= 0.6 is 0 Å². The van der Waals surface area contributed by atoms with Gasteiger partial charge in [0, 0.05) is 28.2 Å². The number of fused-ring (bicyclic) bond motifs is 3. The van der Waals surface area contributed by atoms with E-state index in [0.717, 1.165) is 38.6 Å². The van der Waals surface area contributed by atoms with E-state index in [1.54, 1.807) is 30.1 Å². The molecule has 5 rings (SSSR count). The molecule has 1 amide bonds. The molecule has 0 aliphatic heterocycles. The zero-order valence-electron chi connectivity index (χ0n) is 18.2. The Morgan fingerprint density at radius 3 is 2.64 bits per heavy atom. The van der Waals surface area contributed by atoms with Gasteiger partial charge in [0.15, 0.2) is 0 Å². The Morgan fingerprint density at radius 1 is 1.06 bits per heavy atom. The van der Waals surface area contributed by atoms with Crippen molar-refractivity contribution in [1.29, 1.82) is 0 Å². The number of aromatic nitrogens is 3. The molecule has 164 valence electrons. The summed E-state index contributed by atoms with van der Waals surface area (Å²) in [6.45, 7) is 1.97. The lowest BCUT2D eigenvalue weighted by Gasteiger charge is -2.09. The predicted octanol–water partition coefficient (Wildman–Crippen LogP) is 5.35. The number of amides is 1. The first-order valence-corrected chi connectivity index (χ1v) is 10.5. The molecule has 33 heavy (non-hydrogen) atoms. The van der Waals surface area contributed by atoms with Gasteiger partial charge in [-0.3, -0.25) is 14.5 Å². The molecule has 7 heteroatoms. The summed E-state index contributed by atoms with van der Waals surface area (Å²) in [5.74, 6) is 0.147. The summed E-state index contributed by atoms with van der Waals surface area (Å²) >= 11 is 0. The van der Waals surface area contributed by atoms with Crippen LogP contribution in [0.3, 0.4) is 0 Å². The lowest BCUT2D eigenvalue weighted by atomic mass is 10.1. The number of nitrogens with one attached hydrogen (secondary N) is 1. The number of benzene rings is 3. The first-order chi connectivity index (χ1) is 16.0. The largest absolute Gasteiger partial charge is 0.497 e. The second kappa shape index (κ2) is 8.35. The van der Waals surface area contributed by atoms with Gasteiger partial charge in [0.2, 0.25) is 5.91 Å². The van der Waals surface area contributed by atoms with Gasteiger partial charge in [-0.15, -0.1) is 0 Å². The van der Waals surface area contributed by atoms with Crippen LogP contribution in [0.25, 0.3) is 33.1 Å². The molecular formula is C26H21FN4O2. The van der Waals surface area contributed by atoms with Gasteiger partial charge < -0.3 is 10.1 Å². The summed E-state index contributed by atoms with van der Waals surface area (Å²) < 4.78 is 20.6. The average molecular weight is 440 g/mol. The highest BCUT2D eigenvalue weighted by Crippen LogP contribution is 2.33. The molecule has 6 nitrogen and oxygen atoms in total. The number of hydrogen-bond acceptors (Lipinski definition) is 4. The summed E-state index contributed by atoms with van der Waals surface area (Å²) in [6, 6.07) is 19.3. The van der Waals surface area contributed by atoms with Gasteiger partial charge in [0.25, 0.3) is 0 Å². The number of nitrogens with zero attached hydrogens (tertiary/aromatic N) is 3. The smallest absolute Gasteiger partial charge is 0.246 e. The number of halogens is 1. The highest BCUT2D eigenvalue weighted by atomic mass is 19.1. The third-order valence-electron chi connectivity index (χ3n) is 5.49. The number of carbonyl (C=O) groups is 1. The van der Waals surface area contributed by atoms with Crippen LogP contribution in [-0.4, -0.2) is 27.8 Å². The number of pyridine rings is 1. The molecular weight excluding hydrogens is 419 g/mol. The minimum Gasteiger partial charge on any atom is -0.497 e. The molecule has 1 N–H and O–H groups in total. The van der Waals surface area contributed by atoms with Crippen LogP contribution in [0.15, 0.2) is 72.9 Å². The standard InChI is InChI=1S/C26H21FN4O2/c1-16-4-3-5-19(12-16)29-24(32)15-31-26-21-13-20(33-2)10-11-23(21)28-14-22(26)25(30-31)17-6-8-18(27)9-7-17/h3-14H,15H2,1-2H3,(H,29,32). The lowest BCUT2D eigenvalue weighted by Crippen LogP contribution is -2.19. The third kappa shape index (κ3) is 4.01. The van der Waals surface area contributed by atoms with Crippen LogP contribution in [-0.2, 0) is 11.3 Å². The summed E-state index contributed by atoms with van der Waals surface area (Å²) in [7, 11) is 1.60. The number of anilines is 1. The van der Waals surface area contributed by atoms with E-state index in [4.69, 9.17) is 9.84 Å². The zero-order chi connectivity index (χ0) is 22.9. The maximum Gasteiger partial charge on any atom is 0.246 e. The van der Waals surface area contributed by atoms with Crippen LogP contribution in [0.4, 0.5) is 10.1 Å². The molecule has 0 aliphatic rings. The monoisotopic (exact) mass is 440 g/mol. The Balaban J connectivity index is 1.64. The number of rotatable bonds is 5. The molecule has 0 atom stereocenters. The van der Waals surface area contributed by atoms with E-state index >= 15 is 0 Å². The summed E-state index contributed by atoms with van der Waals surface area (Å²) in [4.78, 5) is 17.5. The van der Waals surface area contributed by atoms with Crippen molar-refractivity contribution in [3.63, 3.8) is 0 Å². The van der Waals surface area contributed by atoms with E-state index in [0.29, 0.717) is 11.4 Å². The lowest BCUT2D eigenvalue weighted by molar-refractivity contribution is -0.116. The van der Waals surface area contributed by atoms with Crippen LogP contribution < -0.4 is 10.1 Å². The van der Waals surface area contributed by atoms with E-state index in [1.807, 2.05) is 49.4 Å². The zero-order valence-corrected chi connectivity index (χ0v) is 18.2. The van der Waals surface area contributed by atoms with E-state index in [2.05, 4.69) is 10.3 Å². The van der Waals surface area contributed by atoms with Gasteiger partial charge >= 0.3 is 0 Å². The molecule has 2 aromatic heterocycles. The van der Waals surface area contributed by atoms with E-state index in [-0.39, 0.29) is 18.3 Å². The van der Waals surface area contributed by atoms with Gasteiger partial charge in [0.1, 0.15) is 23.8 Å². The van der Waals surface area contributed by atoms with Crippen molar-refractivity contribution in [1.82, 2.24) is 14.8 Å². The summed E-state index contributed by atoms with van der Waals surface area (Å²) in [6.07, 6.45) is 1.74. The van der Waals surface area contributed by atoms with Gasteiger partial charge in [-0.25, -0.2) is 4.39 Å². The van der Waals surface area contributed by atoms with Crippen LogP contribution in [0, 0.1) is 12.7 Å². The van der Waals surface area contributed by atoms with Crippen molar-refractivity contribution < 1.29 is 13.9 Å². The fraction of sp³-hybridized carbons (Fsp3) is 0.115. The molecule has 0 radical (unpaired) electrons. The van der Waals surface area contributed by atoms with Gasteiger partial charge in [-0.2, -0.15) is 5.10 Å². The first kappa shape index (κ1) is 20.6. The van der Waals surface area contributed by atoms with Crippen LogP contribution in [0.1, 0.15) is 5.56 Å². The van der Waals surface area contributed by atoms with Crippen LogP contribution in [0.2, 0.25) is 0 Å². The molecule has 0 bridgehead atoms. The summed E-state index contributed by atoms with van der Waals surface area (Å²) in [5, 5.41) is 9.26. The van der Waals surface area contributed by atoms with Crippen molar-refractivity contribution in [3.8, 4) is 17.0 Å². The minimum absolute atomic E-state index is 0.00194. The number of methoxy groups -OCH3 is 1. The highest BCUT2D eigenvalue weighted by Gasteiger charge is 2.18. The normalized spacial score (nSPS) is 11.1. The molecule has 0 fully saturated rings. The minimum atomic E-state index is -0.326. The second-order valence-electron chi connectivity index (χ2n) is 7.83. The van der Waals surface area contributed by atoms with Gasteiger partial charge in [-0.1, -0.05) is 12.1 Å². The van der Waals surface area contributed by atoms with Crippen molar-refractivity contribution in [2.45, 2.75) is 13.5 Å². The van der Waals surface area contributed by atoms with E-state index < -0.39 is 0 Å². The quantitative estimate of drug-likeness (QED) is 0.400. The highest BCUT2D eigenvalue weighted by molar-refractivity contribution is 6.09. The van der Waals surface area contributed by atoms with Gasteiger partial charge in [0.05, 0.1) is 18.1 Å². The van der Waals surface area contributed by atoms with Crippen molar-refractivity contribution >= 4 is 33.4 Å². The van der Waals surface area contributed by atoms with Crippen LogP contribution in [0.5, 0.6) is 5.75 Å². The number of carbonyl (C=O) groups excluding carboxylic acids is 1. The van der Waals surface area contributed by atoms with Gasteiger partial charge in [-0.05, 0) is 67.1 Å². The topological polar surface area (TPSA) is 69.0 Å². The van der Waals surface area contributed by atoms with Crippen molar-refractivity contribution in [2.75, 3.05) is 12.4 Å². The Labute approximate surface area is 189 Å². The SMILES string of the molecule is COc1ccc2ncc3c(-c4ccc(F)cc4)nn(CC(=O)Nc4cccc(C)c4)c3c2c1. The molecule has 5 aromatic rings. The van der Waals surface area contributed by atoms with E-state index in [1.165, 1.54) is 12.1 Å².